The first-order valence-corrected chi connectivity index (χ1v) is 8.04. The van der Waals surface area contributed by atoms with Crippen molar-refractivity contribution in [2.45, 2.75) is 27.7 Å². The van der Waals surface area contributed by atoms with Gasteiger partial charge < -0.3 is 0 Å². The van der Waals surface area contributed by atoms with Crippen LogP contribution in [-0.4, -0.2) is 29.5 Å². The molecule has 1 saturated carbocycles. The fraction of sp³-hybridized carbons (Fsp3) is 0.471. The molecule has 1 aliphatic carbocycles. The summed E-state index contributed by atoms with van der Waals surface area (Å²) in [5.74, 6) is 0.693. The summed E-state index contributed by atoms with van der Waals surface area (Å²) in [5.41, 5.74) is 2.34. The number of hydrogen-bond donors (Lipinski definition) is 0. The second-order valence-corrected chi connectivity index (χ2v) is 7.72. The number of anilines is 1. The van der Waals surface area contributed by atoms with Crippen LogP contribution in [0, 0.1) is 17.3 Å². The summed E-state index contributed by atoms with van der Waals surface area (Å²) >= 11 is 2.06. The van der Waals surface area contributed by atoms with E-state index in [1.165, 1.54) is 9.97 Å². The first-order chi connectivity index (χ1) is 9.25. The van der Waals surface area contributed by atoms with Crippen molar-refractivity contribution in [3.8, 4) is 0 Å². The Kier molecular flexibility index (Phi) is 4.15. The Labute approximate surface area is 130 Å². The summed E-state index contributed by atoms with van der Waals surface area (Å²) in [5, 5.41) is 0. The van der Waals surface area contributed by atoms with Gasteiger partial charge in [-0.2, -0.15) is 0 Å². The zero-order chi connectivity index (χ0) is 15.1. The summed E-state index contributed by atoms with van der Waals surface area (Å²) in [7, 11) is 1.88. The van der Waals surface area contributed by atoms with Crippen molar-refractivity contribution < 1.29 is 4.79 Å². The summed E-state index contributed by atoms with van der Waals surface area (Å²) in [4.78, 5) is 14.5. The van der Waals surface area contributed by atoms with Crippen LogP contribution in [0.2, 0.25) is 0 Å². The zero-order valence-electron chi connectivity index (χ0n) is 12.9. The van der Waals surface area contributed by atoms with E-state index in [0.717, 1.165) is 5.69 Å². The van der Waals surface area contributed by atoms with Crippen molar-refractivity contribution >= 4 is 32.5 Å². The van der Waals surface area contributed by atoms with Crippen LogP contribution < -0.4 is 9.30 Å². The molecule has 1 aromatic rings. The Morgan fingerprint density at radius 2 is 1.80 bits per heavy atom. The fourth-order valence-electron chi connectivity index (χ4n) is 2.84. The molecule has 1 fully saturated rings. The molecule has 2 nitrogen and oxygen atoms in total. The minimum atomic E-state index is 0.0767. The molecule has 0 N–H and O–H groups in total. The zero-order valence-corrected chi connectivity index (χ0v) is 15.0. The van der Waals surface area contributed by atoms with Gasteiger partial charge in [-0.05, 0) is 0 Å². The molecule has 0 spiro atoms. The molecule has 2 unspecified atom stereocenters. The maximum atomic E-state index is 12.7. The minimum absolute atomic E-state index is 0.0767. The molecule has 1 aromatic carbocycles. The number of hydrogen-bond acceptors (Lipinski definition) is 1. The van der Waals surface area contributed by atoms with E-state index in [2.05, 4.69) is 50.3 Å². The van der Waals surface area contributed by atoms with Crippen LogP contribution in [0.15, 0.2) is 35.9 Å². The van der Waals surface area contributed by atoms with E-state index in [1.54, 1.807) is 4.90 Å². The fourth-order valence-corrected chi connectivity index (χ4v) is 3.19. The van der Waals surface area contributed by atoms with Crippen LogP contribution in [0.4, 0.5) is 5.69 Å². The van der Waals surface area contributed by atoms with Crippen LogP contribution in [-0.2, 0) is 4.79 Å². The van der Waals surface area contributed by atoms with Gasteiger partial charge in [0.05, 0.1) is 0 Å². The SMILES string of the molecule is CC(C)=CC1C(C(=O)N(C)c2cc[c]([Ge])cc2)C1(C)C. The molecule has 0 saturated heterocycles. The van der Waals surface area contributed by atoms with E-state index in [-0.39, 0.29) is 17.2 Å². The van der Waals surface area contributed by atoms with Gasteiger partial charge in [0.25, 0.3) is 0 Å². The molecule has 1 aliphatic rings. The van der Waals surface area contributed by atoms with Crippen molar-refractivity contribution in [3.63, 3.8) is 0 Å². The van der Waals surface area contributed by atoms with Crippen LogP contribution in [0.3, 0.4) is 0 Å². The average Bonchev–Trinajstić information content (AvgIpc) is 2.89. The van der Waals surface area contributed by atoms with Gasteiger partial charge in [0.1, 0.15) is 0 Å². The Balaban J connectivity index is 2.16. The number of allylic oxidation sites excluding steroid dienone is 2. The first kappa shape index (κ1) is 15.4. The van der Waals surface area contributed by atoms with Crippen LogP contribution in [0.1, 0.15) is 27.7 Å². The Morgan fingerprint density at radius 3 is 2.30 bits per heavy atom. The van der Waals surface area contributed by atoms with Gasteiger partial charge in [0, 0.05) is 0 Å². The number of carbonyl (C=O) groups is 1. The van der Waals surface area contributed by atoms with Gasteiger partial charge >= 0.3 is 130 Å². The summed E-state index contributed by atoms with van der Waals surface area (Å²) in [6.45, 7) is 8.56. The van der Waals surface area contributed by atoms with E-state index >= 15 is 0 Å². The Hall–Kier alpha value is -1.03. The van der Waals surface area contributed by atoms with E-state index < -0.39 is 0 Å². The third-order valence-corrected chi connectivity index (χ3v) is 4.97. The van der Waals surface area contributed by atoms with Crippen LogP contribution in [0.25, 0.3) is 0 Å². The first-order valence-electron chi connectivity index (χ1n) is 6.99. The van der Waals surface area contributed by atoms with Crippen molar-refractivity contribution in [3.05, 3.63) is 35.9 Å². The number of benzene rings is 1. The molecule has 0 bridgehead atoms. The third-order valence-electron chi connectivity index (χ3n) is 4.27. The molecule has 0 aromatic heterocycles. The molecule has 3 heteroatoms. The molecule has 105 valence electrons. The molecular weight excluding hydrogens is 307 g/mol. The Bertz CT molecular complexity index is 541. The van der Waals surface area contributed by atoms with Gasteiger partial charge in [0.15, 0.2) is 0 Å². The second kappa shape index (κ2) is 5.40. The van der Waals surface area contributed by atoms with Gasteiger partial charge in [0.2, 0.25) is 0 Å². The molecule has 2 atom stereocenters. The maximum absolute atomic E-state index is 12.7. The van der Waals surface area contributed by atoms with E-state index in [1.807, 2.05) is 31.3 Å². The Morgan fingerprint density at radius 1 is 1.25 bits per heavy atom. The van der Waals surface area contributed by atoms with Crippen LogP contribution >= 0.6 is 0 Å². The molecular formula is C17H22GeNO. The van der Waals surface area contributed by atoms with Gasteiger partial charge in [-0.1, -0.05) is 0 Å². The van der Waals surface area contributed by atoms with Crippen molar-refractivity contribution in [1.82, 2.24) is 0 Å². The van der Waals surface area contributed by atoms with E-state index in [4.69, 9.17) is 0 Å². The summed E-state index contributed by atoms with van der Waals surface area (Å²) in [6.07, 6.45) is 2.24. The number of rotatable bonds is 3. The van der Waals surface area contributed by atoms with E-state index in [9.17, 15) is 4.79 Å². The van der Waals surface area contributed by atoms with Gasteiger partial charge in [-0.3, -0.25) is 0 Å². The third kappa shape index (κ3) is 2.85. The van der Waals surface area contributed by atoms with Gasteiger partial charge in [-0.15, -0.1) is 0 Å². The molecule has 20 heavy (non-hydrogen) atoms. The molecule has 0 aliphatic heterocycles. The number of carbonyl (C=O) groups excluding carboxylic acids is 1. The monoisotopic (exact) mass is 330 g/mol. The summed E-state index contributed by atoms with van der Waals surface area (Å²) < 4.78 is 1.21. The van der Waals surface area contributed by atoms with Crippen molar-refractivity contribution in [2.75, 3.05) is 11.9 Å². The van der Waals surface area contributed by atoms with Crippen molar-refractivity contribution in [2.24, 2.45) is 17.3 Å². The quantitative estimate of drug-likeness (QED) is 0.617. The number of nitrogens with zero attached hydrogens (tertiary/aromatic N) is 1. The molecule has 3 radical (unpaired) electrons. The number of amides is 1. The standard InChI is InChI=1S/C17H22GeNO/c1-11(2)10-14-15(17(14,3)4)16(20)19(5)13-8-6-12(18)7-9-13/h6-10,14-15H,1-5H3. The average molecular weight is 329 g/mol. The predicted octanol–water partition coefficient (Wildman–Crippen LogP) is 2.68. The normalized spacial score (nSPS) is 23.1. The van der Waals surface area contributed by atoms with Crippen LogP contribution in [0.5, 0.6) is 0 Å². The van der Waals surface area contributed by atoms with Gasteiger partial charge in [-0.25, -0.2) is 0 Å². The summed E-state index contributed by atoms with van der Waals surface area (Å²) in [6, 6.07) is 8.12. The molecule has 2 rings (SSSR count). The molecule has 1 amide bonds. The van der Waals surface area contributed by atoms with Crippen molar-refractivity contribution in [1.29, 1.82) is 0 Å². The predicted molar refractivity (Wildman–Crippen MR) is 85.4 cm³/mol. The molecule has 0 heterocycles. The van der Waals surface area contributed by atoms with E-state index in [0.29, 0.717) is 5.92 Å². The topological polar surface area (TPSA) is 20.3 Å². The second-order valence-electron chi connectivity index (χ2n) is 6.51.